The van der Waals surface area contributed by atoms with Crippen LogP contribution in [0.5, 0.6) is 0 Å². The molecule has 4 bridgehead atoms. The number of piperazine rings is 1. The molecule has 4 aliphatic carbocycles. The minimum absolute atomic E-state index is 0.0769. The van der Waals surface area contributed by atoms with Crippen molar-refractivity contribution in [3.63, 3.8) is 0 Å². The Morgan fingerprint density at radius 2 is 1.54 bits per heavy atom. The van der Waals surface area contributed by atoms with Crippen LogP contribution in [0.2, 0.25) is 0 Å². The molecule has 0 spiro atoms. The molecule has 1 saturated heterocycles. The minimum atomic E-state index is -1.33. The molecule has 4 N–H and O–H groups in total. The Morgan fingerprint density at radius 3 is 1.94 bits per heavy atom. The number of carboxylic acids is 1. The summed E-state index contributed by atoms with van der Waals surface area (Å²) in [5.41, 5.74) is -2.43. The number of aliphatic carboxylic acids is 1. The Morgan fingerprint density at radius 1 is 1.00 bits per heavy atom. The third-order valence-electron chi connectivity index (χ3n) is 9.07. The Kier molecular flexibility index (Phi) is 7.30. The number of halogens is 1. The van der Waals surface area contributed by atoms with Crippen molar-refractivity contribution in [2.24, 2.45) is 29.1 Å². The van der Waals surface area contributed by atoms with Gasteiger partial charge in [0.1, 0.15) is 5.41 Å². The van der Waals surface area contributed by atoms with Gasteiger partial charge in [0.2, 0.25) is 0 Å². The van der Waals surface area contributed by atoms with E-state index in [1.807, 2.05) is 45.0 Å². The van der Waals surface area contributed by atoms with E-state index in [1.165, 1.54) is 11.3 Å². The first-order valence-corrected chi connectivity index (χ1v) is 13.6. The molecule has 1 aliphatic heterocycles. The molecule has 6 rings (SSSR count). The summed E-state index contributed by atoms with van der Waals surface area (Å²) in [5, 5.41) is 34.5. The number of amides is 1. The van der Waals surface area contributed by atoms with Crippen LogP contribution in [0.4, 0.5) is 4.79 Å². The van der Waals surface area contributed by atoms with E-state index < -0.39 is 28.5 Å². The van der Waals surface area contributed by atoms with E-state index in [-0.39, 0.29) is 11.8 Å². The lowest BCUT2D eigenvalue weighted by Crippen LogP contribution is -2.73. The lowest BCUT2D eigenvalue weighted by atomic mass is 9.39. The first-order chi connectivity index (χ1) is 16.4. The molecular weight excluding hydrogens is 512 g/mol. The topological polar surface area (TPSA) is 110 Å². The molecule has 1 aromatic carbocycles. The molecular formula is C27H39BrN2O5. The molecule has 1 atom stereocenters. The van der Waals surface area contributed by atoms with Gasteiger partial charge in [0.25, 0.3) is 0 Å². The maximum Gasteiger partial charge on any atom is 0.407 e. The zero-order chi connectivity index (χ0) is 25.6. The Hall–Kier alpha value is -1.64. The molecule has 1 heterocycles. The fourth-order valence-electron chi connectivity index (χ4n) is 7.97. The van der Waals surface area contributed by atoms with Crippen molar-refractivity contribution in [1.29, 1.82) is 0 Å². The van der Waals surface area contributed by atoms with Crippen molar-refractivity contribution in [2.45, 2.75) is 63.9 Å². The summed E-state index contributed by atoms with van der Waals surface area (Å²) in [6.07, 6.45) is 4.36. The van der Waals surface area contributed by atoms with Gasteiger partial charge in [-0.25, -0.2) is 4.79 Å². The summed E-state index contributed by atoms with van der Waals surface area (Å²) in [5.74, 6) is 0.609. The summed E-state index contributed by atoms with van der Waals surface area (Å²) < 4.78 is 0.859. The van der Waals surface area contributed by atoms with Gasteiger partial charge < -0.3 is 25.5 Å². The fraction of sp³-hybridized carbons (Fsp3) is 0.704. The normalized spacial score (nSPS) is 33.5. The maximum absolute atomic E-state index is 13.0. The molecule has 1 amide bonds. The zero-order valence-electron chi connectivity index (χ0n) is 21.0. The van der Waals surface area contributed by atoms with Crippen molar-refractivity contribution in [2.75, 3.05) is 26.2 Å². The highest BCUT2D eigenvalue weighted by Gasteiger charge is 2.72. The highest BCUT2D eigenvalue weighted by molar-refractivity contribution is 9.10. The first-order valence-electron chi connectivity index (χ1n) is 12.8. The molecule has 0 aromatic heterocycles. The molecule has 4 saturated carbocycles. The van der Waals surface area contributed by atoms with Gasteiger partial charge >= 0.3 is 12.1 Å². The number of carbonyl (C=O) groups is 2. The molecule has 35 heavy (non-hydrogen) atoms. The summed E-state index contributed by atoms with van der Waals surface area (Å²) in [4.78, 5) is 24.7. The number of carboxylic acid groups (broad SMARTS) is 2. The van der Waals surface area contributed by atoms with Crippen LogP contribution in [0.15, 0.2) is 28.7 Å². The van der Waals surface area contributed by atoms with E-state index in [2.05, 4.69) is 21.2 Å². The standard InChI is InChI=1S/C22H29BrO3.C5H10N2O2/c1-20(2,3)21(19(24)25,15-5-4-6-18(23)12-15)22(26)16-8-13-7-14(10-16)11-17(22)9-13;8-5(9)7-3-1-6-2-4-7/h4-6,12-14,16-17,26H,7-11H2,1-3H3,(H,24,25);6H,1-4H2,(H,8,9). The van der Waals surface area contributed by atoms with Crippen LogP contribution >= 0.6 is 15.9 Å². The molecule has 1 aromatic rings. The van der Waals surface area contributed by atoms with Crippen molar-refractivity contribution in [3.8, 4) is 0 Å². The molecule has 194 valence electrons. The largest absolute Gasteiger partial charge is 0.480 e. The van der Waals surface area contributed by atoms with E-state index in [4.69, 9.17) is 5.11 Å². The molecule has 0 radical (unpaired) electrons. The van der Waals surface area contributed by atoms with Crippen LogP contribution in [-0.2, 0) is 10.2 Å². The minimum Gasteiger partial charge on any atom is -0.480 e. The number of aliphatic hydroxyl groups is 1. The lowest BCUT2D eigenvalue weighted by molar-refractivity contribution is -0.237. The van der Waals surface area contributed by atoms with Crippen LogP contribution < -0.4 is 5.32 Å². The number of benzene rings is 1. The van der Waals surface area contributed by atoms with E-state index in [1.54, 1.807) is 0 Å². The Balaban J connectivity index is 0.000000271. The van der Waals surface area contributed by atoms with E-state index in [0.29, 0.717) is 24.9 Å². The average molecular weight is 552 g/mol. The van der Waals surface area contributed by atoms with Gasteiger partial charge in [0.15, 0.2) is 0 Å². The predicted octanol–water partition coefficient (Wildman–Crippen LogP) is 4.57. The lowest BCUT2D eigenvalue weighted by Gasteiger charge is -2.66. The SMILES string of the molecule is CC(C)(C)C(C(=O)O)(c1cccc(Br)c1)C1(O)C2CC3CC(C2)CC1C3.O=C(O)N1CCNCC1. The van der Waals surface area contributed by atoms with E-state index in [9.17, 15) is 19.8 Å². The van der Waals surface area contributed by atoms with Gasteiger partial charge in [-0.05, 0) is 78.9 Å². The fourth-order valence-corrected chi connectivity index (χ4v) is 8.37. The smallest absolute Gasteiger partial charge is 0.407 e. The maximum atomic E-state index is 13.0. The summed E-state index contributed by atoms with van der Waals surface area (Å²) >= 11 is 3.52. The Bertz CT molecular complexity index is 927. The van der Waals surface area contributed by atoms with Crippen LogP contribution in [0.25, 0.3) is 0 Å². The van der Waals surface area contributed by atoms with Crippen LogP contribution in [0.1, 0.15) is 58.4 Å². The summed E-state index contributed by atoms with van der Waals surface area (Å²) in [6.45, 7) is 8.74. The number of hydrogen-bond donors (Lipinski definition) is 4. The van der Waals surface area contributed by atoms with Gasteiger partial charge in [0, 0.05) is 30.7 Å². The average Bonchev–Trinajstić information content (AvgIpc) is 2.77. The second-order valence-electron chi connectivity index (χ2n) is 12.0. The Labute approximate surface area is 216 Å². The van der Waals surface area contributed by atoms with Gasteiger partial charge in [-0.15, -0.1) is 0 Å². The van der Waals surface area contributed by atoms with Crippen LogP contribution in [0, 0.1) is 29.1 Å². The van der Waals surface area contributed by atoms with Gasteiger partial charge in [-0.3, -0.25) is 4.79 Å². The number of hydrogen-bond acceptors (Lipinski definition) is 4. The highest BCUT2D eigenvalue weighted by Crippen LogP contribution is 2.66. The third kappa shape index (κ3) is 4.40. The van der Waals surface area contributed by atoms with Crippen molar-refractivity contribution < 1.29 is 24.9 Å². The number of nitrogens with zero attached hydrogens (tertiary/aromatic N) is 1. The number of rotatable bonds is 3. The second kappa shape index (κ2) is 9.67. The van der Waals surface area contributed by atoms with Gasteiger partial charge in [-0.1, -0.05) is 48.8 Å². The summed E-state index contributed by atoms with van der Waals surface area (Å²) in [6, 6.07) is 7.61. The first kappa shape index (κ1) is 26.4. The van der Waals surface area contributed by atoms with Crippen molar-refractivity contribution >= 4 is 28.0 Å². The third-order valence-corrected chi connectivity index (χ3v) is 9.57. The van der Waals surface area contributed by atoms with Gasteiger partial charge in [0.05, 0.1) is 5.60 Å². The molecule has 8 heteroatoms. The predicted molar refractivity (Wildman–Crippen MR) is 137 cm³/mol. The van der Waals surface area contributed by atoms with Crippen LogP contribution in [0.3, 0.4) is 0 Å². The molecule has 5 fully saturated rings. The van der Waals surface area contributed by atoms with Crippen LogP contribution in [-0.4, -0.2) is 64.1 Å². The quantitative estimate of drug-likeness (QED) is 0.438. The van der Waals surface area contributed by atoms with E-state index >= 15 is 0 Å². The highest BCUT2D eigenvalue weighted by atomic mass is 79.9. The van der Waals surface area contributed by atoms with Crippen molar-refractivity contribution in [1.82, 2.24) is 10.2 Å². The molecule has 1 unspecified atom stereocenters. The summed E-state index contributed by atoms with van der Waals surface area (Å²) in [7, 11) is 0. The molecule has 7 nitrogen and oxygen atoms in total. The van der Waals surface area contributed by atoms with Gasteiger partial charge in [-0.2, -0.15) is 0 Å². The monoisotopic (exact) mass is 550 g/mol. The van der Waals surface area contributed by atoms with E-state index in [0.717, 1.165) is 48.8 Å². The number of nitrogens with one attached hydrogen (secondary N) is 1. The zero-order valence-corrected chi connectivity index (χ0v) is 22.6. The molecule has 5 aliphatic rings. The van der Waals surface area contributed by atoms with Crippen molar-refractivity contribution in [3.05, 3.63) is 34.3 Å². The second-order valence-corrected chi connectivity index (χ2v) is 12.9.